The maximum atomic E-state index is 14.8. The van der Waals surface area contributed by atoms with Crippen LogP contribution >= 0.6 is 11.8 Å². The van der Waals surface area contributed by atoms with Crippen molar-refractivity contribution in [2.45, 2.75) is 232 Å². The van der Waals surface area contributed by atoms with Crippen molar-refractivity contribution < 1.29 is 72.0 Å². The van der Waals surface area contributed by atoms with Crippen LogP contribution in [0.25, 0.3) is 0 Å². The summed E-state index contributed by atoms with van der Waals surface area (Å²) in [5.74, 6) is -5.90. The van der Waals surface area contributed by atoms with Gasteiger partial charge >= 0.3 is 12.1 Å². The second-order valence-electron chi connectivity index (χ2n) is 26.9. The third-order valence-electron chi connectivity index (χ3n) is 19.0. The minimum atomic E-state index is -1.07. The minimum absolute atomic E-state index is 0.0413. The molecule has 0 aromatic heterocycles. The lowest BCUT2D eigenvalue weighted by molar-refractivity contribution is -0.148. The van der Waals surface area contributed by atoms with Crippen molar-refractivity contribution >= 4 is 76.8 Å². The first-order valence-corrected chi connectivity index (χ1v) is 34.9. The lowest BCUT2D eigenvalue weighted by atomic mass is 9.89. The molecule has 0 spiro atoms. The molecule has 3 unspecified atom stereocenters. The first-order chi connectivity index (χ1) is 45.2. The monoisotopic (exact) mass is 1370 g/mol. The third kappa shape index (κ3) is 24.0. The summed E-state index contributed by atoms with van der Waals surface area (Å²) in [6, 6.07) is 9.72. The van der Waals surface area contributed by atoms with E-state index in [1.54, 1.807) is 94.8 Å². The number of carbonyl (C=O) groups excluding carboxylic acids is 10. The number of thioether (sulfide) groups is 1. The van der Waals surface area contributed by atoms with E-state index < -0.39 is 131 Å². The Labute approximate surface area is 575 Å². The van der Waals surface area contributed by atoms with Gasteiger partial charge in [0.2, 0.25) is 47.3 Å². The van der Waals surface area contributed by atoms with Gasteiger partial charge in [-0.1, -0.05) is 145 Å². The predicted octanol–water partition coefficient (Wildman–Crippen LogP) is 7.55. The second-order valence-corrected chi connectivity index (χ2v) is 28.7. The third-order valence-corrected chi connectivity index (χ3v) is 20.9. The zero-order valence-corrected chi connectivity index (χ0v) is 61.5. The molecule has 0 bridgehead atoms. The highest BCUT2D eigenvalue weighted by atomic mass is 32.2. The molecule has 0 saturated carbocycles. The van der Waals surface area contributed by atoms with Gasteiger partial charge < -0.3 is 65.8 Å². The van der Waals surface area contributed by atoms with Crippen LogP contribution in [0.5, 0.6) is 0 Å². The van der Waals surface area contributed by atoms with Crippen LogP contribution in [0.4, 0.5) is 10.5 Å². The van der Waals surface area contributed by atoms with Crippen LogP contribution in [-0.2, 0) is 68.7 Å². The van der Waals surface area contributed by atoms with Crippen molar-refractivity contribution in [3.63, 3.8) is 0 Å². The maximum absolute atomic E-state index is 14.8. The number of esters is 1. The SMILES string of the molecule is CCC(C)C(C)(CC)SC(CC(=O)OC)C(=O)NCCC(=O)N[C@H](C(=O)N[C@@H](C)C(=O)Nc1ccc(COC(=O)N(C)[C@H](C(=O)N[C@H](C(=O)N(C)[C@@H]([C@@H](C)CC)[C@@H](CC(=O)N2CCC[C@H]2[C@H](OC)[C@@H](C)C(=O)N[C@H](C)[C@@H](O)c2ccccc2)OC)C(C)C)C(C)C)cc1)C(C)C. The van der Waals surface area contributed by atoms with Gasteiger partial charge in [-0.15, -0.1) is 11.8 Å². The molecule has 0 aliphatic carbocycles. The number of ether oxygens (including phenoxy) is 4. The van der Waals surface area contributed by atoms with Gasteiger partial charge in [0, 0.05) is 58.3 Å². The second kappa shape index (κ2) is 40.2. The average Bonchev–Trinajstić information content (AvgIpc) is 1.35. The van der Waals surface area contributed by atoms with E-state index in [9.17, 15) is 53.1 Å². The van der Waals surface area contributed by atoms with E-state index in [0.29, 0.717) is 42.6 Å². The van der Waals surface area contributed by atoms with Crippen LogP contribution < -0.4 is 31.9 Å². The molecule has 24 nitrogen and oxygen atoms in total. The quantitative estimate of drug-likeness (QED) is 0.0318. The van der Waals surface area contributed by atoms with E-state index in [0.717, 1.165) is 12.8 Å². The van der Waals surface area contributed by atoms with Crippen molar-refractivity contribution in [3.05, 3.63) is 65.7 Å². The summed E-state index contributed by atoms with van der Waals surface area (Å²) in [5, 5.41) is 27.0. The van der Waals surface area contributed by atoms with Gasteiger partial charge in [-0.25, -0.2) is 4.79 Å². The average molecular weight is 1370 g/mol. The Morgan fingerprint density at radius 3 is 1.86 bits per heavy atom. The summed E-state index contributed by atoms with van der Waals surface area (Å²) < 4.78 is 22.3. The number of likely N-dealkylation sites (N-methyl/N-ethyl adjacent to an activating group) is 2. The Morgan fingerprint density at radius 1 is 0.698 bits per heavy atom. The molecular formula is C71H115N9O15S. The number of aliphatic hydroxyl groups is 1. The van der Waals surface area contributed by atoms with E-state index >= 15 is 0 Å². The number of rotatable bonds is 39. The summed E-state index contributed by atoms with van der Waals surface area (Å²) in [7, 11) is 7.38. The van der Waals surface area contributed by atoms with Crippen LogP contribution in [-0.4, -0.2) is 192 Å². The number of methoxy groups -OCH3 is 3. The molecule has 3 rings (SSSR count). The Bertz CT molecular complexity index is 2850. The lowest BCUT2D eigenvalue weighted by Crippen LogP contribution is -2.60. The van der Waals surface area contributed by atoms with Gasteiger partial charge in [-0.05, 0) is 86.0 Å². The van der Waals surface area contributed by atoms with Crippen molar-refractivity contribution in [2.75, 3.05) is 53.8 Å². The Hall–Kier alpha value is -6.83. The van der Waals surface area contributed by atoms with Crippen molar-refractivity contribution in [3.8, 4) is 0 Å². The van der Waals surface area contributed by atoms with Gasteiger partial charge in [0.05, 0.1) is 67.6 Å². The maximum Gasteiger partial charge on any atom is 0.410 e. The van der Waals surface area contributed by atoms with E-state index in [2.05, 4.69) is 52.7 Å². The standard InChI is InChI=1S/C71H115N9O15S/c1-21-44(10)61(53(92-18)38-56(82)80-37-27-30-52(80)63(94-20)46(12)64(85)73-47(13)62(84)50-28-25-24-26-29-50)78(16)69(90)59(42(6)7)77-68(89)60(43(8)9)79(17)70(91)95-40-49-31-33-51(34-32-49)75-65(86)48(14)74-67(88)58(41(4)5)76-55(81)35-36-72-66(87)54(39-57(83)93-19)96-71(15,23-3)45(11)22-2/h24-26,28-29,31-34,41-48,52-54,58-63,84H,21-23,27,30,35-40H2,1-20H3,(H,72,87)(H,73,85)(H,74,88)(H,75,86)(H,76,81)(H,77,89)/t44-,45?,46+,47+,48-,52-,53+,54?,58-,59-,60-,61-,62+,63+,71?/m0/s1. The molecular weight excluding hydrogens is 1250 g/mol. The molecule has 9 amide bonds. The number of benzene rings is 2. The van der Waals surface area contributed by atoms with Gasteiger partial charge in [0.15, 0.2) is 0 Å². The number of nitrogens with zero attached hydrogens (tertiary/aromatic N) is 3. The summed E-state index contributed by atoms with van der Waals surface area (Å²) in [6.45, 7) is 28.1. The van der Waals surface area contributed by atoms with E-state index in [4.69, 9.17) is 18.9 Å². The molecule has 96 heavy (non-hydrogen) atoms. The number of aliphatic hydroxyl groups excluding tert-OH is 1. The van der Waals surface area contributed by atoms with E-state index in [1.807, 2.05) is 52.8 Å². The molecule has 25 heteroatoms. The summed E-state index contributed by atoms with van der Waals surface area (Å²) in [4.78, 5) is 141. The Morgan fingerprint density at radius 2 is 1.32 bits per heavy atom. The number of amides is 9. The topological polar surface area (TPSA) is 310 Å². The lowest BCUT2D eigenvalue weighted by Gasteiger charge is -2.41. The smallest absolute Gasteiger partial charge is 0.410 e. The van der Waals surface area contributed by atoms with E-state index in [-0.39, 0.29) is 66.7 Å². The molecule has 1 fully saturated rings. The Balaban J connectivity index is 1.62. The van der Waals surface area contributed by atoms with Crippen molar-refractivity contribution in [2.24, 2.45) is 35.5 Å². The number of hydrogen-bond donors (Lipinski definition) is 7. The zero-order valence-electron chi connectivity index (χ0n) is 60.7. The molecule has 0 radical (unpaired) electrons. The highest BCUT2D eigenvalue weighted by molar-refractivity contribution is 8.02. The van der Waals surface area contributed by atoms with Crippen LogP contribution in [0.3, 0.4) is 0 Å². The van der Waals surface area contributed by atoms with E-state index in [1.165, 1.54) is 52.0 Å². The fourth-order valence-corrected chi connectivity index (χ4v) is 13.8. The number of anilines is 1. The number of carbonyl (C=O) groups is 10. The highest BCUT2D eigenvalue weighted by Gasteiger charge is 2.44. The number of hydrogen-bond acceptors (Lipinski definition) is 16. The first kappa shape index (κ1) is 83.4. The molecule has 2 aromatic rings. The van der Waals surface area contributed by atoms with Crippen molar-refractivity contribution in [1.82, 2.24) is 41.3 Å². The van der Waals surface area contributed by atoms with Gasteiger partial charge in [0.1, 0.15) is 30.8 Å². The Kier molecular flexibility index (Phi) is 34.9. The van der Waals surface area contributed by atoms with Crippen molar-refractivity contribution in [1.29, 1.82) is 0 Å². The minimum Gasteiger partial charge on any atom is -0.469 e. The molecule has 7 N–H and O–H groups in total. The molecule has 1 aliphatic rings. The predicted molar refractivity (Wildman–Crippen MR) is 372 cm³/mol. The fourth-order valence-electron chi connectivity index (χ4n) is 12.2. The summed E-state index contributed by atoms with van der Waals surface area (Å²) >= 11 is 1.43. The molecule has 2 aromatic carbocycles. The molecule has 1 heterocycles. The van der Waals surface area contributed by atoms with Gasteiger partial charge in [0.25, 0.3) is 0 Å². The van der Waals surface area contributed by atoms with Gasteiger partial charge in [-0.2, -0.15) is 0 Å². The van der Waals surface area contributed by atoms with Gasteiger partial charge in [-0.3, -0.25) is 48.1 Å². The summed E-state index contributed by atoms with van der Waals surface area (Å²) in [6.07, 6.45) is 0.0389. The molecule has 1 saturated heterocycles. The highest BCUT2D eigenvalue weighted by Crippen LogP contribution is 2.41. The zero-order chi connectivity index (χ0) is 72.5. The van der Waals surface area contributed by atoms with Crippen LogP contribution in [0.15, 0.2) is 54.6 Å². The molecule has 540 valence electrons. The fraction of sp³-hybridized carbons (Fsp3) is 0.690. The number of likely N-dealkylation sites (tertiary alicyclic amines) is 1. The first-order valence-electron chi connectivity index (χ1n) is 34.0. The molecule has 15 atom stereocenters. The molecule has 1 aliphatic heterocycles. The number of nitrogens with one attached hydrogen (secondary N) is 6. The van der Waals surface area contributed by atoms with Crippen LogP contribution in [0.1, 0.15) is 172 Å². The summed E-state index contributed by atoms with van der Waals surface area (Å²) in [5.41, 5.74) is 1.60. The normalized spacial score (nSPS) is 17.9. The largest absolute Gasteiger partial charge is 0.469 e. The van der Waals surface area contributed by atoms with Crippen LogP contribution in [0, 0.1) is 35.5 Å². The van der Waals surface area contributed by atoms with Crippen LogP contribution in [0.2, 0.25) is 0 Å².